The quantitative estimate of drug-likeness (QED) is 0.184. The number of halogens is 1. The molecule has 2 saturated heterocycles. The van der Waals surface area contributed by atoms with Gasteiger partial charge >= 0.3 is 0 Å². The van der Waals surface area contributed by atoms with Crippen LogP contribution >= 0.6 is 0 Å². The maximum atomic E-state index is 15.6. The van der Waals surface area contributed by atoms with Gasteiger partial charge in [0, 0.05) is 43.0 Å². The van der Waals surface area contributed by atoms with Gasteiger partial charge in [-0.25, -0.2) is 4.39 Å². The van der Waals surface area contributed by atoms with Crippen LogP contribution in [0.3, 0.4) is 0 Å². The highest BCUT2D eigenvalue weighted by Crippen LogP contribution is 2.48. The third kappa shape index (κ3) is 6.11. The summed E-state index contributed by atoms with van der Waals surface area (Å²) in [5.41, 5.74) is 7.02. The van der Waals surface area contributed by atoms with Crippen molar-refractivity contribution < 1.29 is 28.1 Å². The predicted molar refractivity (Wildman–Crippen MR) is 199 cm³/mol. The van der Waals surface area contributed by atoms with E-state index >= 15 is 4.39 Å². The highest BCUT2D eigenvalue weighted by atomic mass is 19.1. The topological polar surface area (TPSA) is 140 Å². The van der Waals surface area contributed by atoms with Crippen molar-refractivity contribution in [3.63, 3.8) is 0 Å². The van der Waals surface area contributed by atoms with E-state index in [9.17, 15) is 24.4 Å². The summed E-state index contributed by atoms with van der Waals surface area (Å²) < 4.78 is 21.1. The molecule has 1 aromatic heterocycles. The van der Waals surface area contributed by atoms with Gasteiger partial charge in [0.2, 0.25) is 11.8 Å². The Morgan fingerprint density at radius 3 is 2.30 bits per heavy atom. The number of carbonyl (C=O) groups excluding carboxylic acids is 4. The molecule has 8 rings (SSSR count). The van der Waals surface area contributed by atoms with Crippen LogP contribution in [0.5, 0.6) is 0 Å². The lowest BCUT2D eigenvalue weighted by Gasteiger charge is -2.35. The van der Waals surface area contributed by atoms with Gasteiger partial charge in [-0.15, -0.1) is 0 Å². The van der Waals surface area contributed by atoms with Crippen molar-refractivity contribution in [2.45, 2.75) is 77.2 Å². The molecule has 4 aromatic rings. The molecule has 11 nitrogen and oxygen atoms in total. The summed E-state index contributed by atoms with van der Waals surface area (Å²) in [6.45, 7) is 7.85. The Morgan fingerprint density at radius 1 is 0.963 bits per heavy atom. The van der Waals surface area contributed by atoms with Crippen molar-refractivity contribution >= 4 is 40.7 Å². The zero-order chi connectivity index (χ0) is 37.9. The molecule has 4 aliphatic rings. The van der Waals surface area contributed by atoms with E-state index in [-0.39, 0.29) is 35.1 Å². The second kappa shape index (κ2) is 13.5. The Bertz CT molecular complexity index is 2230. The van der Waals surface area contributed by atoms with Gasteiger partial charge in [-0.3, -0.25) is 29.4 Å². The van der Waals surface area contributed by atoms with Crippen LogP contribution in [0.1, 0.15) is 88.2 Å². The molecule has 0 bridgehead atoms. The van der Waals surface area contributed by atoms with Crippen LogP contribution in [0.4, 0.5) is 21.5 Å². The Labute approximate surface area is 312 Å². The highest BCUT2D eigenvalue weighted by molar-refractivity contribution is 6.23. The maximum absolute atomic E-state index is 15.6. The molecule has 1 unspecified atom stereocenters. The molecule has 1 atom stereocenters. The summed E-state index contributed by atoms with van der Waals surface area (Å²) in [6.07, 6.45) is 4.31. The Kier molecular flexibility index (Phi) is 8.83. The van der Waals surface area contributed by atoms with Gasteiger partial charge in [0.25, 0.3) is 11.8 Å². The van der Waals surface area contributed by atoms with Crippen LogP contribution in [0.2, 0.25) is 0 Å². The third-order valence-corrected chi connectivity index (χ3v) is 11.7. The normalized spacial score (nSPS) is 19.5. The van der Waals surface area contributed by atoms with E-state index in [0.717, 1.165) is 94.7 Å². The number of piperidine rings is 2. The lowest BCUT2D eigenvalue weighted by Crippen LogP contribution is -2.54. The number of hydrogen-bond donors (Lipinski definition) is 1. The number of benzene rings is 3. The summed E-state index contributed by atoms with van der Waals surface area (Å²) >= 11 is 0. The summed E-state index contributed by atoms with van der Waals surface area (Å²) in [5, 5.41) is 16.2. The van der Waals surface area contributed by atoms with Crippen LogP contribution in [-0.2, 0) is 15.0 Å². The first-order valence-corrected chi connectivity index (χ1v) is 18.6. The Morgan fingerprint density at radius 2 is 1.67 bits per heavy atom. The summed E-state index contributed by atoms with van der Waals surface area (Å²) in [6, 6.07) is 18.7. The van der Waals surface area contributed by atoms with Crippen LogP contribution in [-0.4, -0.2) is 59.4 Å². The Balaban J connectivity index is 0.994. The van der Waals surface area contributed by atoms with Gasteiger partial charge in [0.15, 0.2) is 0 Å². The first-order valence-electron chi connectivity index (χ1n) is 18.6. The third-order valence-electron chi connectivity index (χ3n) is 11.7. The molecule has 1 saturated carbocycles. The minimum atomic E-state index is -1.11. The maximum Gasteiger partial charge on any atom is 0.262 e. The monoisotopic (exact) mass is 728 g/mol. The van der Waals surface area contributed by atoms with Crippen molar-refractivity contribution in [3.8, 4) is 17.2 Å². The number of nitriles is 1. The predicted octanol–water partition coefficient (Wildman–Crippen LogP) is 6.81. The van der Waals surface area contributed by atoms with E-state index in [1.54, 1.807) is 0 Å². The first-order chi connectivity index (χ1) is 26.0. The lowest BCUT2D eigenvalue weighted by atomic mass is 9.92. The number of nitrogens with zero attached hydrogens (tertiary/aromatic N) is 5. The minimum absolute atomic E-state index is 0.0137. The minimum Gasteiger partial charge on any atom is -0.369 e. The number of amides is 4. The zero-order valence-corrected chi connectivity index (χ0v) is 30.6. The second-order valence-corrected chi connectivity index (χ2v) is 15.1. The number of nitrogens with one attached hydrogen (secondary N) is 1. The molecule has 4 heterocycles. The fourth-order valence-electron chi connectivity index (χ4n) is 8.39. The molecule has 1 aliphatic carbocycles. The SMILES string of the molecule is Cc1ccc(-c2c(C)noc2C)cc1N(CCC1CCN(c2cc3c(cc2F)C(=O)N(C2CCC(=O)NC2=O)C3=O)CC1)c1ccc(C2(C#N)CC2)cc1. The first kappa shape index (κ1) is 35.2. The lowest BCUT2D eigenvalue weighted by molar-refractivity contribution is -0.136. The van der Waals surface area contributed by atoms with Crippen molar-refractivity contribution in [1.82, 2.24) is 15.4 Å². The number of hydrogen-bond acceptors (Lipinski definition) is 9. The molecular formula is C42H41FN6O5. The van der Waals surface area contributed by atoms with Crippen molar-refractivity contribution in [1.29, 1.82) is 5.26 Å². The van der Waals surface area contributed by atoms with Gasteiger partial charge < -0.3 is 14.3 Å². The van der Waals surface area contributed by atoms with E-state index in [1.807, 2.05) is 18.7 Å². The number of anilines is 3. The second-order valence-electron chi connectivity index (χ2n) is 15.1. The van der Waals surface area contributed by atoms with E-state index in [0.29, 0.717) is 19.0 Å². The molecule has 3 fully saturated rings. The van der Waals surface area contributed by atoms with E-state index < -0.39 is 35.5 Å². The molecule has 0 spiro atoms. The average Bonchev–Trinajstić information content (AvgIpc) is 3.85. The average molecular weight is 729 g/mol. The standard InChI is InChI=1S/C42H41FN6O5/c1-24-4-5-28(38-25(2)46-54-26(38)3)20-35(24)48(30-8-6-29(7-9-30)42(23-44)15-16-42)19-14-27-12-17-47(18-13-27)36-22-32-31(21-33(36)43)40(52)49(41(32)53)34-10-11-37(50)45-39(34)51/h4-9,20-22,27,34H,10-19H2,1-3H3,(H,45,50,51). The number of imide groups is 2. The number of aromatic nitrogens is 1. The smallest absolute Gasteiger partial charge is 0.262 e. The van der Waals surface area contributed by atoms with Crippen molar-refractivity contribution in [3.05, 3.63) is 94.1 Å². The highest BCUT2D eigenvalue weighted by Gasteiger charge is 2.46. The Hall–Kier alpha value is -5.83. The van der Waals surface area contributed by atoms with E-state index in [4.69, 9.17) is 4.52 Å². The van der Waals surface area contributed by atoms with E-state index in [2.05, 4.69) is 70.8 Å². The fourth-order valence-corrected chi connectivity index (χ4v) is 8.39. The molecular weight excluding hydrogens is 687 g/mol. The number of carbonyl (C=O) groups is 4. The number of rotatable bonds is 9. The zero-order valence-electron chi connectivity index (χ0n) is 30.6. The van der Waals surface area contributed by atoms with Gasteiger partial charge in [-0.05, 0) is 112 Å². The van der Waals surface area contributed by atoms with Crippen LogP contribution in [0.25, 0.3) is 11.1 Å². The molecule has 276 valence electrons. The van der Waals surface area contributed by atoms with Crippen molar-refractivity contribution in [2.24, 2.45) is 5.92 Å². The van der Waals surface area contributed by atoms with Crippen molar-refractivity contribution in [2.75, 3.05) is 29.4 Å². The number of aryl methyl sites for hydroxylation is 3. The molecule has 3 aliphatic heterocycles. The molecule has 54 heavy (non-hydrogen) atoms. The summed E-state index contributed by atoms with van der Waals surface area (Å²) in [4.78, 5) is 55.9. The fraction of sp³-hybridized carbons (Fsp3) is 0.381. The van der Waals surface area contributed by atoms with Crippen LogP contribution in [0.15, 0.2) is 59.1 Å². The van der Waals surface area contributed by atoms with Gasteiger partial charge in [-0.1, -0.05) is 29.4 Å². The van der Waals surface area contributed by atoms with Gasteiger partial charge in [-0.2, -0.15) is 5.26 Å². The summed E-state index contributed by atoms with van der Waals surface area (Å²) in [7, 11) is 0. The molecule has 0 radical (unpaired) electrons. The molecule has 1 N–H and O–H groups in total. The van der Waals surface area contributed by atoms with Gasteiger partial charge in [0.1, 0.15) is 17.6 Å². The largest absolute Gasteiger partial charge is 0.369 e. The molecule has 12 heteroatoms. The summed E-state index contributed by atoms with van der Waals surface area (Å²) in [5.74, 6) is -2.00. The van der Waals surface area contributed by atoms with E-state index in [1.165, 1.54) is 6.07 Å². The van der Waals surface area contributed by atoms with Gasteiger partial charge in [0.05, 0.1) is 34.0 Å². The van der Waals surface area contributed by atoms with Crippen LogP contribution in [0, 0.1) is 43.8 Å². The molecule has 4 amide bonds. The molecule has 3 aromatic carbocycles. The van der Waals surface area contributed by atoms with Crippen LogP contribution < -0.4 is 15.1 Å². The number of fused-ring (bicyclic) bond motifs is 1.